The molecule has 0 bridgehead atoms. The summed E-state index contributed by atoms with van der Waals surface area (Å²) in [5.74, 6) is -4.48. The lowest BCUT2D eigenvalue weighted by atomic mass is 9.93. The molecule has 0 aliphatic carbocycles. The van der Waals surface area contributed by atoms with Crippen LogP contribution in [0.1, 0.15) is 81.4 Å². The van der Waals surface area contributed by atoms with Crippen LogP contribution in [0.3, 0.4) is 0 Å². The molecule has 0 saturated carbocycles. The molecule has 1 aromatic carbocycles. The maximum absolute atomic E-state index is 14.7. The number of benzene rings is 1. The molecule has 1 aromatic heterocycles. The lowest BCUT2D eigenvalue weighted by molar-refractivity contribution is -0.273. The van der Waals surface area contributed by atoms with Crippen molar-refractivity contribution < 1.29 is 60.0 Å². The predicted molar refractivity (Wildman–Crippen MR) is 165 cm³/mol. The summed E-state index contributed by atoms with van der Waals surface area (Å²) in [6.45, 7) is 8.09. The molecule has 3 amide bonds. The minimum absolute atomic E-state index is 0.170. The van der Waals surface area contributed by atoms with Gasteiger partial charge in [0.05, 0.1) is 18.4 Å². The van der Waals surface area contributed by atoms with Crippen molar-refractivity contribution in [3.8, 4) is 5.88 Å². The van der Waals surface area contributed by atoms with E-state index in [1.54, 1.807) is 29.1 Å². The van der Waals surface area contributed by atoms with E-state index in [4.69, 9.17) is 14.2 Å². The zero-order valence-electron chi connectivity index (χ0n) is 27.4. The Bertz CT molecular complexity index is 1430. The van der Waals surface area contributed by atoms with E-state index in [0.717, 1.165) is 6.08 Å². The molecule has 49 heavy (non-hydrogen) atoms. The number of pyridine rings is 1. The van der Waals surface area contributed by atoms with E-state index in [1.807, 2.05) is 5.32 Å². The number of carbonyl (C=O) groups excluding carboxylic acids is 3. The van der Waals surface area contributed by atoms with Gasteiger partial charge < -0.3 is 19.3 Å². The maximum atomic E-state index is 14.7. The van der Waals surface area contributed by atoms with Gasteiger partial charge in [0.25, 0.3) is 11.8 Å². The number of hydrogen-bond acceptors (Lipinski definition) is 8. The first-order valence-electron chi connectivity index (χ1n) is 15.1. The molecule has 2 rings (SSSR count). The third-order valence-electron chi connectivity index (χ3n) is 6.57. The van der Waals surface area contributed by atoms with Gasteiger partial charge in [0.1, 0.15) is 17.8 Å². The number of aliphatic hydroxyl groups excluding tert-OH is 1. The summed E-state index contributed by atoms with van der Waals surface area (Å²) < 4.78 is 101. The Hall–Kier alpha value is -4.38. The van der Waals surface area contributed by atoms with Crippen LogP contribution in [-0.2, 0) is 27.1 Å². The fourth-order valence-electron chi connectivity index (χ4n) is 4.28. The number of carbonyl (C=O) groups is 3. The van der Waals surface area contributed by atoms with Crippen molar-refractivity contribution in [3.63, 3.8) is 0 Å². The Kier molecular flexibility index (Phi) is 14.4. The third-order valence-corrected chi connectivity index (χ3v) is 6.57. The Morgan fingerprint density at radius 3 is 2.20 bits per heavy atom. The molecule has 4 N–H and O–H groups in total. The second-order valence-electron chi connectivity index (χ2n) is 11.9. The summed E-state index contributed by atoms with van der Waals surface area (Å²) in [7, 11) is 0. The number of amides is 3. The largest absolute Gasteiger partial charge is 0.473 e. The fourth-order valence-corrected chi connectivity index (χ4v) is 4.28. The molecule has 0 unspecified atom stereocenters. The molecule has 2 aromatic rings. The average molecular weight is 707 g/mol. The molecule has 272 valence electrons. The van der Waals surface area contributed by atoms with Crippen LogP contribution in [0.4, 0.5) is 36.8 Å². The molecule has 17 heteroatoms. The highest BCUT2D eigenvalue weighted by molar-refractivity contribution is 6.02. The minimum Gasteiger partial charge on any atom is -0.473 e. The van der Waals surface area contributed by atoms with Gasteiger partial charge in [-0.3, -0.25) is 25.8 Å². The number of nitrogens with zero attached hydrogens (tertiary/aromatic N) is 1. The first kappa shape index (κ1) is 40.8. The molecular formula is C32H40F6N4O7. The summed E-state index contributed by atoms with van der Waals surface area (Å²) in [4.78, 5) is 42.6. The number of anilines is 1. The van der Waals surface area contributed by atoms with Gasteiger partial charge in [-0.25, -0.2) is 9.78 Å². The average Bonchev–Trinajstić information content (AvgIpc) is 2.98. The summed E-state index contributed by atoms with van der Waals surface area (Å²) >= 11 is 0. The molecule has 0 saturated heterocycles. The zero-order valence-corrected chi connectivity index (χ0v) is 27.4. The van der Waals surface area contributed by atoms with Crippen LogP contribution in [0, 0.1) is 0 Å². The molecule has 11 nitrogen and oxygen atoms in total. The topological polar surface area (TPSA) is 148 Å². The van der Waals surface area contributed by atoms with Gasteiger partial charge in [0, 0.05) is 0 Å². The van der Waals surface area contributed by atoms with Crippen LogP contribution in [0.2, 0.25) is 0 Å². The zero-order chi connectivity index (χ0) is 37.0. The highest BCUT2D eigenvalue weighted by Gasteiger charge is 2.61. The van der Waals surface area contributed by atoms with Crippen LogP contribution < -0.4 is 20.9 Å². The molecule has 0 spiro atoms. The van der Waals surface area contributed by atoms with E-state index < -0.39 is 90.0 Å². The number of aromatic nitrogens is 1. The number of unbranched alkanes of at least 4 members (excludes halogenated alkanes) is 2. The summed E-state index contributed by atoms with van der Waals surface area (Å²) in [6, 6.07) is 8.01. The highest BCUT2D eigenvalue weighted by Crippen LogP contribution is 2.40. The van der Waals surface area contributed by atoms with Gasteiger partial charge in [-0.15, -0.1) is 0 Å². The summed E-state index contributed by atoms with van der Waals surface area (Å²) in [6.07, 6.45) is -11.5. The first-order chi connectivity index (χ1) is 22.7. The number of halogens is 6. The molecule has 0 fully saturated rings. The minimum atomic E-state index is -5.32. The van der Waals surface area contributed by atoms with Crippen LogP contribution >= 0.6 is 0 Å². The number of hydrogen-bond donors (Lipinski definition) is 4. The Morgan fingerprint density at radius 1 is 1.00 bits per heavy atom. The van der Waals surface area contributed by atoms with Crippen LogP contribution in [0.15, 0.2) is 49.1 Å². The molecule has 0 aliphatic heterocycles. The van der Waals surface area contributed by atoms with Crippen molar-refractivity contribution in [3.05, 3.63) is 65.9 Å². The third kappa shape index (κ3) is 12.5. The van der Waals surface area contributed by atoms with Gasteiger partial charge in [0.15, 0.2) is 5.69 Å². The second-order valence-corrected chi connectivity index (χ2v) is 11.9. The van der Waals surface area contributed by atoms with Crippen molar-refractivity contribution in [2.45, 2.75) is 96.1 Å². The standard InChI is InChI=1S/C32H40F6N4O7/c1-6-17-47-26-22(31(33,34)35)18-23(39-28(46)49-29(3,4)5)24(40-26)25(44)41-42-27(45)30(32(36,37)38,16-12-8-9-13-20(2)43)48-19-21-14-10-7-11-15-21/h6-7,10-11,14-15,18,20,43H,1,8-9,12-13,16-17,19H2,2-5H3,(H,39,46)(H,41,44)(H,42,45)/t20-,30+/m0/s1. The van der Waals surface area contributed by atoms with Gasteiger partial charge in [-0.2, -0.15) is 26.3 Å². The maximum Gasteiger partial charge on any atom is 0.426 e. The van der Waals surface area contributed by atoms with Crippen LogP contribution in [0.25, 0.3) is 0 Å². The van der Waals surface area contributed by atoms with E-state index in [-0.39, 0.29) is 12.8 Å². The van der Waals surface area contributed by atoms with Gasteiger partial charge >= 0.3 is 18.4 Å². The molecule has 2 atom stereocenters. The van der Waals surface area contributed by atoms with Crippen LogP contribution in [-0.4, -0.2) is 58.1 Å². The van der Waals surface area contributed by atoms with Crippen molar-refractivity contribution in [2.24, 2.45) is 0 Å². The quantitative estimate of drug-likeness (QED) is 0.0699. The number of alkyl halides is 6. The fraction of sp³-hybridized carbons (Fsp3) is 0.500. The normalized spacial score (nSPS) is 13.9. The van der Waals surface area contributed by atoms with E-state index in [0.29, 0.717) is 24.5 Å². The van der Waals surface area contributed by atoms with Gasteiger partial charge in [-0.1, -0.05) is 55.8 Å². The van der Waals surface area contributed by atoms with E-state index in [2.05, 4.69) is 11.6 Å². The van der Waals surface area contributed by atoms with Crippen LogP contribution in [0.5, 0.6) is 5.88 Å². The molecule has 1 heterocycles. The number of rotatable bonds is 15. The van der Waals surface area contributed by atoms with Gasteiger partial charge in [0.2, 0.25) is 11.5 Å². The highest BCUT2D eigenvalue weighted by atomic mass is 19.4. The lowest BCUT2D eigenvalue weighted by Crippen LogP contribution is -2.61. The Labute approximate surface area is 279 Å². The smallest absolute Gasteiger partial charge is 0.426 e. The molecular weight excluding hydrogens is 666 g/mol. The first-order valence-corrected chi connectivity index (χ1v) is 15.1. The predicted octanol–water partition coefficient (Wildman–Crippen LogP) is 6.62. The Morgan fingerprint density at radius 2 is 1.65 bits per heavy atom. The van der Waals surface area contributed by atoms with Crippen molar-refractivity contribution in [1.29, 1.82) is 0 Å². The Balaban J connectivity index is 2.49. The van der Waals surface area contributed by atoms with E-state index >= 15 is 0 Å². The van der Waals surface area contributed by atoms with Crippen molar-refractivity contribution >= 4 is 23.6 Å². The second kappa shape index (κ2) is 17.3. The SMILES string of the molecule is C=CCOc1nc(C(=O)NNC(=O)[C@@](CCCCC[C@H](C)O)(OCc2ccccc2)C(F)(F)F)c(NC(=O)OC(C)(C)C)cc1C(F)(F)F. The number of ether oxygens (including phenoxy) is 3. The number of hydrazine groups is 1. The number of aliphatic hydroxyl groups is 1. The summed E-state index contributed by atoms with van der Waals surface area (Å²) in [5, 5.41) is 11.5. The monoisotopic (exact) mass is 706 g/mol. The van der Waals surface area contributed by atoms with E-state index in [1.165, 1.54) is 39.8 Å². The molecule has 0 radical (unpaired) electrons. The van der Waals surface area contributed by atoms with Crippen molar-refractivity contribution in [2.75, 3.05) is 11.9 Å². The van der Waals surface area contributed by atoms with E-state index in [9.17, 15) is 45.8 Å². The van der Waals surface area contributed by atoms with Crippen molar-refractivity contribution in [1.82, 2.24) is 15.8 Å². The number of nitrogens with one attached hydrogen (secondary N) is 3. The van der Waals surface area contributed by atoms with Gasteiger partial charge in [-0.05, 0) is 58.6 Å². The molecule has 0 aliphatic rings. The lowest BCUT2D eigenvalue weighted by Gasteiger charge is -2.34. The summed E-state index contributed by atoms with van der Waals surface area (Å²) in [5.41, 5.74) is -4.26.